The van der Waals surface area contributed by atoms with Gasteiger partial charge in [0.25, 0.3) is 5.91 Å². The lowest BCUT2D eigenvalue weighted by molar-refractivity contribution is -0.144. The van der Waals surface area contributed by atoms with Gasteiger partial charge in [-0.3, -0.25) is 4.79 Å². The van der Waals surface area contributed by atoms with Crippen molar-refractivity contribution in [3.05, 3.63) is 0 Å². The minimum absolute atomic E-state index is 0. The van der Waals surface area contributed by atoms with Crippen molar-refractivity contribution >= 4 is 18.3 Å². The van der Waals surface area contributed by atoms with Crippen LogP contribution in [0, 0.1) is 5.92 Å². The third kappa shape index (κ3) is 4.75. The Kier molecular flexibility index (Phi) is 8.57. The van der Waals surface area contributed by atoms with Gasteiger partial charge in [-0.05, 0) is 18.8 Å². The average molecular weight is 279 g/mol. The smallest absolute Gasteiger partial charge is 0.253 e. The third-order valence-corrected chi connectivity index (χ3v) is 3.38. The van der Waals surface area contributed by atoms with Crippen molar-refractivity contribution in [3.8, 4) is 0 Å². The Hall–Kier alpha value is -0.320. The normalized spacial score (nSPS) is 17.6. The lowest BCUT2D eigenvalue weighted by Crippen LogP contribution is -2.49. The van der Waals surface area contributed by atoms with Crippen molar-refractivity contribution in [2.75, 3.05) is 20.2 Å². The summed E-state index contributed by atoms with van der Waals surface area (Å²) in [6, 6.07) is 0.397. The number of nitrogens with two attached hydrogens (primary N) is 1. The standard InChI is InChI=1S/C13H26N2O2.ClH/c1-10(2)9-15(11-6-4-5-7-11)13(16)12(8-14)17-3;/h10-12H,4-9,14H2,1-3H3;1H. The Balaban J connectivity index is 0.00000289. The topological polar surface area (TPSA) is 55.6 Å². The molecule has 108 valence electrons. The zero-order valence-corrected chi connectivity index (χ0v) is 12.5. The molecule has 0 aromatic carbocycles. The third-order valence-electron chi connectivity index (χ3n) is 3.38. The number of rotatable bonds is 6. The molecule has 0 aromatic heterocycles. The number of amides is 1. The summed E-state index contributed by atoms with van der Waals surface area (Å²) in [5.74, 6) is 0.547. The molecule has 0 bridgehead atoms. The van der Waals surface area contributed by atoms with E-state index in [1.54, 1.807) is 7.11 Å². The largest absolute Gasteiger partial charge is 0.370 e. The number of hydrogen-bond acceptors (Lipinski definition) is 3. The molecular formula is C13H27ClN2O2. The highest BCUT2D eigenvalue weighted by atomic mass is 35.5. The molecule has 4 nitrogen and oxygen atoms in total. The second kappa shape index (κ2) is 8.73. The highest BCUT2D eigenvalue weighted by Gasteiger charge is 2.31. The molecular weight excluding hydrogens is 252 g/mol. The van der Waals surface area contributed by atoms with Crippen LogP contribution in [0.1, 0.15) is 39.5 Å². The first-order valence-electron chi connectivity index (χ1n) is 6.63. The maximum Gasteiger partial charge on any atom is 0.253 e. The van der Waals surface area contributed by atoms with E-state index < -0.39 is 6.10 Å². The molecule has 2 N–H and O–H groups in total. The van der Waals surface area contributed by atoms with Gasteiger partial charge in [0.1, 0.15) is 6.10 Å². The number of carbonyl (C=O) groups is 1. The summed E-state index contributed by atoms with van der Waals surface area (Å²) < 4.78 is 5.17. The van der Waals surface area contributed by atoms with Crippen molar-refractivity contribution in [2.24, 2.45) is 11.7 Å². The Bertz CT molecular complexity index is 239. The highest BCUT2D eigenvalue weighted by Crippen LogP contribution is 2.25. The molecule has 0 radical (unpaired) electrons. The zero-order valence-electron chi connectivity index (χ0n) is 11.7. The van der Waals surface area contributed by atoms with Gasteiger partial charge in [-0.15, -0.1) is 12.4 Å². The lowest BCUT2D eigenvalue weighted by atomic mass is 10.1. The molecule has 1 aliphatic carbocycles. The fourth-order valence-electron chi connectivity index (χ4n) is 2.51. The second-order valence-electron chi connectivity index (χ2n) is 5.28. The van der Waals surface area contributed by atoms with Crippen molar-refractivity contribution in [2.45, 2.75) is 51.7 Å². The molecule has 1 rings (SSSR count). The van der Waals surface area contributed by atoms with Crippen LogP contribution in [-0.2, 0) is 9.53 Å². The predicted octanol–water partition coefficient (Wildman–Crippen LogP) is 1.81. The van der Waals surface area contributed by atoms with Crippen molar-refractivity contribution in [3.63, 3.8) is 0 Å². The van der Waals surface area contributed by atoms with Gasteiger partial charge in [0.15, 0.2) is 0 Å². The predicted molar refractivity (Wildman–Crippen MR) is 75.9 cm³/mol. The number of methoxy groups -OCH3 is 1. The first kappa shape index (κ1) is 17.7. The van der Waals surface area contributed by atoms with Crippen LogP contribution in [-0.4, -0.2) is 43.2 Å². The summed E-state index contributed by atoms with van der Waals surface area (Å²) in [4.78, 5) is 14.3. The molecule has 1 amide bonds. The van der Waals surface area contributed by atoms with Crippen LogP contribution < -0.4 is 5.73 Å². The fraction of sp³-hybridized carbons (Fsp3) is 0.923. The van der Waals surface area contributed by atoms with Crippen molar-refractivity contribution in [1.29, 1.82) is 0 Å². The van der Waals surface area contributed by atoms with E-state index in [4.69, 9.17) is 10.5 Å². The molecule has 0 spiro atoms. The molecule has 1 unspecified atom stereocenters. The van der Waals surface area contributed by atoms with E-state index in [9.17, 15) is 4.79 Å². The van der Waals surface area contributed by atoms with Crippen LogP contribution in [0.3, 0.4) is 0 Å². The highest BCUT2D eigenvalue weighted by molar-refractivity contribution is 5.85. The van der Waals surface area contributed by atoms with Crippen molar-refractivity contribution in [1.82, 2.24) is 4.90 Å². The van der Waals surface area contributed by atoms with Gasteiger partial charge in [-0.1, -0.05) is 26.7 Å². The van der Waals surface area contributed by atoms with E-state index in [0.29, 0.717) is 12.0 Å². The Morgan fingerprint density at radius 3 is 2.33 bits per heavy atom. The molecule has 0 saturated heterocycles. The quantitative estimate of drug-likeness (QED) is 0.806. The van der Waals surface area contributed by atoms with Gasteiger partial charge in [0.2, 0.25) is 0 Å². The van der Waals surface area contributed by atoms with Gasteiger partial charge < -0.3 is 15.4 Å². The van der Waals surface area contributed by atoms with Crippen LogP contribution in [0.5, 0.6) is 0 Å². The summed E-state index contributed by atoms with van der Waals surface area (Å²) >= 11 is 0. The van der Waals surface area contributed by atoms with Crippen molar-refractivity contribution < 1.29 is 9.53 Å². The van der Waals surface area contributed by atoms with E-state index in [2.05, 4.69) is 13.8 Å². The minimum Gasteiger partial charge on any atom is -0.370 e. The summed E-state index contributed by atoms with van der Waals surface area (Å²) in [5, 5.41) is 0. The summed E-state index contributed by atoms with van der Waals surface area (Å²) in [6.07, 6.45) is 4.23. The second-order valence-corrected chi connectivity index (χ2v) is 5.28. The van der Waals surface area contributed by atoms with Gasteiger partial charge in [-0.25, -0.2) is 0 Å². The Morgan fingerprint density at radius 2 is 1.94 bits per heavy atom. The van der Waals surface area contributed by atoms with Gasteiger partial charge in [0.05, 0.1) is 0 Å². The molecule has 1 atom stereocenters. The lowest BCUT2D eigenvalue weighted by Gasteiger charge is -2.33. The molecule has 0 aromatic rings. The number of nitrogens with zero attached hydrogens (tertiary/aromatic N) is 1. The monoisotopic (exact) mass is 278 g/mol. The molecule has 5 heteroatoms. The first-order chi connectivity index (χ1) is 8.10. The van der Waals surface area contributed by atoms with Crippen LogP contribution >= 0.6 is 12.4 Å². The van der Waals surface area contributed by atoms with Crippen LogP contribution in [0.2, 0.25) is 0 Å². The number of halogens is 1. The van der Waals surface area contributed by atoms with E-state index >= 15 is 0 Å². The number of hydrogen-bond donors (Lipinski definition) is 1. The molecule has 0 heterocycles. The SMILES string of the molecule is COC(CN)C(=O)N(CC(C)C)C1CCCC1.Cl. The van der Waals surface area contributed by atoms with Crippen LogP contribution in [0.4, 0.5) is 0 Å². The van der Waals surface area contributed by atoms with Gasteiger partial charge in [-0.2, -0.15) is 0 Å². The summed E-state index contributed by atoms with van der Waals surface area (Å²) in [7, 11) is 1.55. The minimum atomic E-state index is -0.477. The van der Waals surface area contributed by atoms with E-state index in [1.807, 2.05) is 4.90 Å². The van der Waals surface area contributed by atoms with Gasteiger partial charge >= 0.3 is 0 Å². The van der Waals surface area contributed by atoms with Crippen LogP contribution in [0.15, 0.2) is 0 Å². The Morgan fingerprint density at radius 1 is 1.39 bits per heavy atom. The summed E-state index contributed by atoms with van der Waals surface area (Å²) in [6.45, 7) is 5.35. The van der Waals surface area contributed by atoms with E-state index in [0.717, 1.165) is 19.4 Å². The number of carbonyl (C=O) groups excluding carboxylic acids is 1. The summed E-state index contributed by atoms with van der Waals surface area (Å²) in [5.41, 5.74) is 5.58. The first-order valence-corrected chi connectivity index (χ1v) is 6.63. The van der Waals surface area contributed by atoms with Gasteiger partial charge in [0, 0.05) is 26.2 Å². The molecule has 18 heavy (non-hydrogen) atoms. The number of ether oxygens (including phenoxy) is 1. The molecule has 1 aliphatic rings. The fourth-order valence-corrected chi connectivity index (χ4v) is 2.51. The average Bonchev–Trinajstić information content (AvgIpc) is 2.80. The van der Waals surface area contributed by atoms with E-state index in [1.165, 1.54) is 12.8 Å². The molecule has 1 saturated carbocycles. The molecule has 1 fully saturated rings. The maximum atomic E-state index is 12.3. The Labute approximate surface area is 117 Å². The zero-order chi connectivity index (χ0) is 12.8. The molecule has 0 aliphatic heterocycles. The maximum absolute atomic E-state index is 12.3. The van der Waals surface area contributed by atoms with Crippen LogP contribution in [0.25, 0.3) is 0 Å². The van der Waals surface area contributed by atoms with E-state index in [-0.39, 0.29) is 24.9 Å².